The van der Waals surface area contributed by atoms with Gasteiger partial charge in [0.2, 0.25) is 5.88 Å². The first-order valence-corrected chi connectivity index (χ1v) is 5.79. The van der Waals surface area contributed by atoms with E-state index in [2.05, 4.69) is 9.97 Å². The second kappa shape index (κ2) is 4.42. The quantitative estimate of drug-likeness (QED) is 0.778. The molecule has 0 unspecified atom stereocenters. The number of nitrogens with zero attached hydrogens (tertiary/aromatic N) is 1. The maximum atomic E-state index is 11.4. The van der Waals surface area contributed by atoms with Crippen molar-refractivity contribution in [1.82, 2.24) is 9.97 Å². The minimum Gasteiger partial charge on any atom is -0.492 e. The van der Waals surface area contributed by atoms with E-state index in [-0.39, 0.29) is 20.8 Å². The summed E-state index contributed by atoms with van der Waals surface area (Å²) in [6, 6.07) is 6.95. The molecule has 0 saturated heterocycles. The first-order chi connectivity index (χ1) is 7.59. The van der Waals surface area contributed by atoms with Crippen molar-refractivity contribution < 1.29 is 5.11 Å². The molecule has 0 aliphatic rings. The highest BCUT2D eigenvalue weighted by Gasteiger charge is 2.10. The van der Waals surface area contributed by atoms with Crippen LogP contribution in [-0.2, 0) is 0 Å². The van der Waals surface area contributed by atoms with Crippen molar-refractivity contribution in [2.75, 3.05) is 0 Å². The number of hydrogen-bond acceptors (Lipinski definition) is 3. The van der Waals surface area contributed by atoms with Gasteiger partial charge >= 0.3 is 0 Å². The van der Waals surface area contributed by atoms with Gasteiger partial charge in [0.25, 0.3) is 5.56 Å². The molecule has 4 nitrogen and oxygen atoms in total. The molecule has 6 heteroatoms. The molecule has 0 aliphatic heterocycles. The Balaban J connectivity index is 2.67. The molecule has 2 N–H and O–H groups in total. The third-order valence-electron chi connectivity index (χ3n) is 1.97. The lowest BCUT2D eigenvalue weighted by Gasteiger charge is -2.04. The van der Waals surface area contributed by atoms with Crippen molar-refractivity contribution in [3.63, 3.8) is 0 Å². The summed E-state index contributed by atoms with van der Waals surface area (Å²) < 4.78 is 0.161. The van der Waals surface area contributed by atoms with Crippen molar-refractivity contribution in [2.45, 2.75) is 0 Å². The summed E-state index contributed by atoms with van der Waals surface area (Å²) in [5.74, 6) is -0.0345. The van der Waals surface area contributed by atoms with Gasteiger partial charge in [0, 0.05) is 5.56 Å². The van der Waals surface area contributed by atoms with E-state index in [0.29, 0.717) is 10.6 Å². The fraction of sp³-hybridized carbons (Fsp3) is 0. The van der Waals surface area contributed by atoms with Crippen molar-refractivity contribution in [2.24, 2.45) is 0 Å². The predicted octanol–water partition coefficient (Wildman–Crippen LogP) is 2.40. The van der Waals surface area contributed by atoms with E-state index in [4.69, 9.17) is 11.6 Å². The van der Waals surface area contributed by atoms with Gasteiger partial charge in [-0.1, -0.05) is 23.7 Å². The Hall–Kier alpha value is -1.08. The molecular weight excluding hydrogens is 342 g/mol. The molecular formula is C10H6ClIN2O2. The monoisotopic (exact) mass is 348 g/mol. The van der Waals surface area contributed by atoms with Gasteiger partial charge in [0.05, 0.1) is 5.02 Å². The summed E-state index contributed by atoms with van der Waals surface area (Å²) in [6.45, 7) is 0. The van der Waals surface area contributed by atoms with Crippen molar-refractivity contribution in [3.05, 3.63) is 43.2 Å². The van der Waals surface area contributed by atoms with Gasteiger partial charge in [0.15, 0.2) is 0 Å². The summed E-state index contributed by atoms with van der Waals surface area (Å²) in [5.41, 5.74) is 0.191. The highest BCUT2D eigenvalue weighted by Crippen LogP contribution is 2.25. The molecule has 0 spiro atoms. The van der Waals surface area contributed by atoms with E-state index in [1.165, 1.54) is 0 Å². The van der Waals surface area contributed by atoms with Crippen LogP contribution in [0.4, 0.5) is 0 Å². The Morgan fingerprint density at radius 3 is 2.69 bits per heavy atom. The Bertz CT molecular complexity index is 598. The number of halogens is 2. The number of rotatable bonds is 1. The van der Waals surface area contributed by atoms with E-state index in [9.17, 15) is 9.90 Å². The lowest BCUT2D eigenvalue weighted by Crippen LogP contribution is -2.12. The Labute approximate surface area is 109 Å². The zero-order chi connectivity index (χ0) is 11.7. The van der Waals surface area contributed by atoms with Crippen LogP contribution in [0.1, 0.15) is 0 Å². The summed E-state index contributed by atoms with van der Waals surface area (Å²) in [6.07, 6.45) is 0. The normalized spacial score (nSPS) is 10.4. The molecule has 0 amide bonds. The molecule has 16 heavy (non-hydrogen) atoms. The van der Waals surface area contributed by atoms with Gasteiger partial charge in [-0.25, -0.2) is 0 Å². The van der Waals surface area contributed by atoms with E-state index in [1.54, 1.807) is 46.9 Å². The van der Waals surface area contributed by atoms with Crippen LogP contribution in [0.5, 0.6) is 5.88 Å². The number of hydrogen-bond donors (Lipinski definition) is 2. The largest absolute Gasteiger partial charge is 0.492 e. The van der Waals surface area contributed by atoms with Crippen LogP contribution in [0.25, 0.3) is 11.4 Å². The second-order valence-corrected chi connectivity index (χ2v) is 4.52. The third kappa shape index (κ3) is 2.05. The summed E-state index contributed by atoms with van der Waals surface area (Å²) in [5, 5.41) is 9.92. The van der Waals surface area contributed by atoms with E-state index in [0.717, 1.165) is 0 Å². The van der Waals surface area contributed by atoms with Gasteiger partial charge in [-0.15, -0.1) is 0 Å². The van der Waals surface area contributed by atoms with Gasteiger partial charge < -0.3 is 10.1 Å². The van der Waals surface area contributed by atoms with Gasteiger partial charge in [-0.3, -0.25) is 4.79 Å². The van der Waals surface area contributed by atoms with Gasteiger partial charge in [0.1, 0.15) is 9.39 Å². The van der Waals surface area contributed by atoms with Crippen molar-refractivity contribution >= 4 is 34.2 Å². The molecule has 2 aromatic rings. The molecule has 0 radical (unpaired) electrons. The Morgan fingerprint density at radius 2 is 2.06 bits per heavy atom. The Kier molecular flexibility index (Phi) is 3.15. The van der Waals surface area contributed by atoms with Crippen LogP contribution in [0, 0.1) is 3.57 Å². The highest BCUT2D eigenvalue weighted by atomic mass is 127. The number of aromatic nitrogens is 2. The molecule has 0 aliphatic carbocycles. The average Bonchev–Trinajstić information content (AvgIpc) is 2.26. The zero-order valence-corrected chi connectivity index (χ0v) is 10.8. The fourth-order valence-electron chi connectivity index (χ4n) is 1.23. The zero-order valence-electron chi connectivity index (χ0n) is 7.87. The standard InChI is InChI=1S/C10H6ClIN2O2/c11-6-4-2-1-3-5(6)8-13-9(15)7(12)10(16)14-8/h1-4H,(H2,13,14,15,16). The number of nitrogens with one attached hydrogen (secondary N) is 1. The van der Waals surface area contributed by atoms with Gasteiger partial charge in [-0.2, -0.15) is 4.98 Å². The molecule has 0 fully saturated rings. The lowest BCUT2D eigenvalue weighted by atomic mass is 10.2. The SMILES string of the molecule is O=c1[nH]c(-c2ccccc2Cl)nc(O)c1I. The van der Waals surface area contributed by atoms with Gasteiger partial charge in [-0.05, 0) is 34.7 Å². The smallest absolute Gasteiger partial charge is 0.268 e. The summed E-state index contributed by atoms with van der Waals surface area (Å²) in [4.78, 5) is 17.9. The maximum absolute atomic E-state index is 11.4. The summed E-state index contributed by atoms with van der Waals surface area (Å²) in [7, 11) is 0. The molecule has 82 valence electrons. The first kappa shape index (κ1) is 11.4. The number of H-pyrrole nitrogens is 1. The fourth-order valence-corrected chi connectivity index (χ4v) is 1.71. The minimum absolute atomic E-state index is 0.161. The van der Waals surface area contributed by atoms with Crippen LogP contribution in [-0.4, -0.2) is 15.1 Å². The summed E-state index contributed by atoms with van der Waals surface area (Å²) >= 11 is 7.68. The van der Waals surface area contributed by atoms with Crippen LogP contribution >= 0.6 is 34.2 Å². The average molecular weight is 349 g/mol. The van der Waals surface area contributed by atoms with E-state index in [1.807, 2.05) is 0 Å². The highest BCUT2D eigenvalue weighted by molar-refractivity contribution is 14.1. The van der Waals surface area contributed by atoms with Crippen LogP contribution in [0.3, 0.4) is 0 Å². The number of aromatic hydroxyl groups is 1. The molecule has 0 saturated carbocycles. The first-order valence-electron chi connectivity index (χ1n) is 4.33. The van der Waals surface area contributed by atoms with Crippen molar-refractivity contribution in [1.29, 1.82) is 0 Å². The molecule has 1 heterocycles. The lowest BCUT2D eigenvalue weighted by molar-refractivity contribution is 0.447. The Morgan fingerprint density at radius 1 is 1.38 bits per heavy atom. The maximum Gasteiger partial charge on any atom is 0.268 e. The number of benzene rings is 1. The molecule has 0 atom stereocenters. The second-order valence-electron chi connectivity index (χ2n) is 3.03. The van der Waals surface area contributed by atoms with E-state index >= 15 is 0 Å². The molecule has 0 bridgehead atoms. The molecule has 1 aromatic carbocycles. The van der Waals surface area contributed by atoms with Crippen LogP contribution in [0.15, 0.2) is 29.1 Å². The van der Waals surface area contributed by atoms with Crippen LogP contribution in [0.2, 0.25) is 5.02 Å². The van der Waals surface area contributed by atoms with Crippen molar-refractivity contribution in [3.8, 4) is 17.3 Å². The topological polar surface area (TPSA) is 66.0 Å². The predicted molar refractivity (Wildman–Crippen MR) is 69.7 cm³/mol. The molecule has 1 aromatic heterocycles. The third-order valence-corrected chi connectivity index (χ3v) is 3.28. The molecule has 2 rings (SSSR count). The number of aromatic amines is 1. The van der Waals surface area contributed by atoms with E-state index < -0.39 is 0 Å². The minimum atomic E-state index is -0.386. The van der Waals surface area contributed by atoms with Crippen LogP contribution < -0.4 is 5.56 Å².